The molecule has 3 rings (SSSR count). The summed E-state index contributed by atoms with van der Waals surface area (Å²) >= 11 is 7.77. The van der Waals surface area contributed by atoms with E-state index in [1.54, 1.807) is 30.3 Å². The lowest BCUT2D eigenvalue weighted by molar-refractivity contribution is 0.102. The van der Waals surface area contributed by atoms with Crippen molar-refractivity contribution in [1.29, 1.82) is 5.26 Å². The molecule has 0 bridgehead atoms. The van der Waals surface area contributed by atoms with E-state index in [1.807, 2.05) is 17.8 Å². The van der Waals surface area contributed by atoms with E-state index in [-0.39, 0.29) is 12.0 Å². The molecule has 2 heterocycles. The summed E-state index contributed by atoms with van der Waals surface area (Å²) in [5.41, 5.74) is 1.14. The molecular formula is C17H14ClN3O2S. The first-order valence-electron chi connectivity index (χ1n) is 7.37. The molecule has 0 aliphatic carbocycles. The van der Waals surface area contributed by atoms with Gasteiger partial charge in [-0.15, -0.1) is 0 Å². The summed E-state index contributed by atoms with van der Waals surface area (Å²) in [7, 11) is 0. The quantitative estimate of drug-likeness (QED) is 0.899. The number of benzene rings is 1. The van der Waals surface area contributed by atoms with Gasteiger partial charge in [-0.05, 0) is 36.4 Å². The number of ether oxygens (including phenoxy) is 1. The SMILES string of the molecule is N#Cc1ccc(Cl)cc1NC(=O)c1ccnc(O[C@@H]2CCSC2)c1. The summed E-state index contributed by atoms with van der Waals surface area (Å²) in [5, 5.41) is 12.3. The van der Waals surface area contributed by atoms with Gasteiger partial charge in [0.1, 0.15) is 12.2 Å². The maximum absolute atomic E-state index is 12.4. The van der Waals surface area contributed by atoms with Crippen LogP contribution in [0, 0.1) is 11.3 Å². The molecule has 1 aromatic carbocycles. The third-order valence-electron chi connectivity index (χ3n) is 3.52. The van der Waals surface area contributed by atoms with Crippen molar-refractivity contribution in [2.45, 2.75) is 12.5 Å². The normalized spacial score (nSPS) is 16.4. The van der Waals surface area contributed by atoms with Gasteiger partial charge in [0.25, 0.3) is 5.91 Å². The number of aromatic nitrogens is 1. The minimum Gasteiger partial charge on any atom is -0.473 e. The van der Waals surface area contributed by atoms with Crippen molar-refractivity contribution in [2.75, 3.05) is 16.8 Å². The molecule has 1 amide bonds. The van der Waals surface area contributed by atoms with Crippen LogP contribution in [0.4, 0.5) is 5.69 Å². The third kappa shape index (κ3) is 3.99. The third-order valence-corrected chi connectivity index (χ3v) is 4.89. The lowest BCUT2D eigenvalue weighted by Gasteiger charge is -2.12. The number of anilines is 1. The highest BCUT2D eigenvalue weighted by molar-refractivity contribution is 7.99. The van der Waals surface area contributed by atoms with Crippen molar-refractivity contribution in [3.63, 3.8) is 0 Å². The molecule has 2 aromatic rings. The molecule has 5 nitrogen and oxygen atoms in total. The molecule has 1 aromatic heterocycles. The van der Waals surface area contributed by atoms with Crippen molar-refractivity contribution in [1.82, 2.24) is 4.98 Å². The van der Waals surface area contributed by atoms with Crippen LogP contribution in [0.1, 0.15) is 22.3 Å². The van der Waals surface area contributed by atoms with Gasteiger partial charge in [-0.25, -0.2) is 4.98 Å². The molecule has 1 saturated heterocycles. The summed E-state index contributed by atoms with van der Waals surface area (Å²) in [4.78, 5) is 16.6. The van der Waals surface area contributed by atoms with Crippen molar-refractivity contribution in [2.24, 2.45) is 0 Å². The smallest absolute Gasteiger partial charge is 0.255 e. The van der Waals surface area contributed by atoms with E-state index in [0.717, 1.165) is 17.9 Å². The average molecular weight is 360 g/mol. The molecular weight excluding hydrogens is 346 g/mol. The summed E-state index contributed by atoms with van der Waals surface area (Å²) in [6.45, 7) is 0. The molecule has 1 aliphatic rings. The molecule has 0 saturated carbocycles. The fourth-order valence-electron chi connectivity index (χ4n) is 2.30. The van der Waals surface area contributed by atoms with E-state index in [9.17, 15) is 4.79 Å². The number of carbonyl (C=O) groups excluding carboxylic acids is 1. The zero-order valence-corrected chi connectivity index (χ0v) is 14.2. The van der Waals surface area contributed by atoms with E-state index in [1.165, 1.54) is 6.20 Å². The number of nitrogens with zero attached hydrogens (tertiary/aromatic N) is 2. The number of thioether (sulfide) groups is 1. The zero-order chi connectivity index (χ0) is 16.9. The number of nitriles is 1. The number of hydrogen-bond donors (Lipinski definition) is 1. The molecule has 0 unspecified atom stereocenters. The van der Waals surface area contributed by atoms with Gasteiger partial charge in [0, 0.05) is 28.6 Å². The Morgan fingerprint density at radius 3 is 3.04 bits per heavy atom. The average Bonchev–Trinajstić information content (AvgIpc) is 3.08. The highest BCUT2D eigenvalue weighted by Gasteiger charge is 2.18. The molecule has 122 valence electrons. The molecule has 0 spiro atoms. The molecule has 24 heavy (non-hydrogen) atoms. The van der Waals surface area contributed by atoms with Gasteiger partial charge in [-0.2, -0.15) is 17.0 Å². The standard InChI is InChI=1S/C17H14ClN3O2S/c18-13-2-1-12(9-19)15(8-13)21-17(22)11-3-5-20-16(7-11)23-14-4-6-24-10-14/h1-3,5,7-8,14H,4,6,10H2,(H,21,22)/t14-/m1/s1. The van der Waals surface area contributed by atoms with E-state index in [4.69, 9.17) is 21.6 Å². The maximum atomic E-state index is 12.4. The van der Waals surface area contributed by atoms with E-state index >= 15 is 0 Å². The molecule has 7 heteroatoms. The summed E-state index contributed by atoms with van der Waals surface area (Å²) in [6, 6.07) is 9.95. The van der Waals surface area contributed by atoms with Gasteiger partial charge in [-0.1, -0.05) is 11.6 Å². The largest absolute Gasteiger partial charge is 0.473 e. The maximum Gasteiger partial charge on any atom is 0.255 e. The Hall–Kier alpha value is -2.23. The topological polar surface area (TPSA) is 75.0 Å². The Morgan fingerprint density at radius 2 is 2.29 bits per heavy atom. The van der Waals surface area contributed by atoms with Crippen LogP contribution in [0.15, 0.2) is 36.5 Å². The fourth-order valence-corrected chi connectivity index (χ4v) is 3.57. The van der Waals surface area contributed by atoms with E-state index < -0.39 is 0 Å². The second-order valence-electron chi connectivity index (χ2n) is 5.24. The van der Waals surface area contributed by atoms with Gasteiger partial charge < -0.3 is 10.1 Å². The van der Waals surface area contributed by atoms with Crippen molar-refractivity contribution >= 4 is 35.0 Å². The van der Waals surface area contributed by atoms with Crippen molar-refractivity contribution in [3.05, 3.63) is 52.7 Å². The van der Waals surface area contributed by atoms with Crippen LogP contribution in [0.3, 0.4) is 0 Å². The predicted octanol–water partition coefficient (Wildman–Crippen LogP) is 3.74. The minimum absolute atomic E-state index is 0.138. The first kappa shape index (κ1) is 16.6. The zero-order valence-electron chi connectivity index (χ0n) is 12.7. The molecule has 1 N–H and O–H groups in total. The predicted molar refractivity (Wildman–Crippen MR) is 94.7 cm³/mol. The Bertz CT molecular complexity index is 801. The van der Waals surface area contributed by atoms with Crippen molar-refractivity contribution < 1.29 is 9.53 Å². The van der Waals surface area contributed by atoms with Crippen LogP contribution in [-0.2, 0) is 0 Å². The van der Waals surface area contributed by atoms with Gasteiger partial charge >= 0.3 is 0 Å². The Balaban J connectivity index is 1.75. The number of amides is 1. The van der Waals surface area contributed by atoms with Gasteiger partial charge in [0.15, 0.2) is 0 Å². The molecule has 1 atom stereocenters. The number of rotatable bonds is 4. The van der Waals surface area contributed by atoms with Crippen LogP contribution >= 0.6 is 23.4 Å². The monoisotopic (exact) mass is 359 g/mol. The number of halogens is 1. The second kappa shape index (κ2) is 7.56. The van der Waals surface area contributed by atoms with Crippen molar-refractivity contribution in [3.8, 4) is 11.9 Å². The molecule has 0 radical (unpaired) electrons. The minimum atomic E-state index is -0.346. The summed E-state index contributed by atoms with van der Waals surface area (Å²) < 4.78 is 5.79. The lowest BCUT2D eigenvalue weighted by Crippen LogP contribution is -2.17. The first-order chi connectivity index (χ1) is 11.7. The number of hydrogen-bond acceptors (Lipinski definition) is 5. The van der Waals surface area contributed by atoms with Crippen LogP contribution < -0.4 is 10.1 Å². The Labute approximate surface area is 149 Å². The van der Waals surface area contributed by atoms with Crippen LogP contribution in [0.2, 0.25) is 5.02 Å². The summed E-state index contributed by atoms with van der Waals surface area (Å²) in [6.07, 6.45) is 2.66. The highest BCUT2D eigenvalue weighted by atomic mass is 35.5. The van der Waals surface area contributed by atoms with Gasteiger partial charge in [0.05, 0.1) is 11.3 Å². The molecule has 1 fully saturated rings. The second-order valence-corrected chi connectivity index (χ2v) is 6.83. The van der Waals surface area contributed by atoms with E-state index in [0.29, 0.717) is 27.7 Å². The Morgan fingerprint density at radius 1 is 1.42 bits per heavy atom. The van der Waals surface area contributed by atoms with E-state index in [2.05, 4.69) is 10.3 Å². The molecule has 1 aliphatic heterocycles. The van der Waals surface area contributed by atoms with Gasteiger partial charge in [0.2, 0.25) is 5.88 Å². The summed E-state index contributed by atoms with van der Waals surface area (Å²) in [5.74, 6) is 2.10. The Kier molecular flexibility index (Phi) is 5.24. The lowest BCUT2D eigenvalue weighted by atomic mass is 10.1. The van der Waals surface area contributed by atoms with Crippen LogP contribution in [-0.4, -0.2) is 28.5 Å². The first-order valence-corrected chi connectivity index (χ1v) is 8.90. The number of nitrogens with one attached hydrogen (secondary N) is 1. The number of carbonyl (C=O) groups is 1. The van der Waals surface area contributed by atoms with Crippen LogP contribution in [0.5, 0.6) is 5.88 Å². The highest BCUT2D eigenvalue weighted by Crippen LogP contribution is 2.24. The van der Waals surface area contributed by atoms with Crippen LogP contribution in [0.25, 0.3) is 0 Å². The van der Waals surface area contributed by atoms with Gasteiger partial charge in [-0.3, -0.25) is 4.79 Å². The fraction of sp³-hybridized carbons (Fsp3) is 0.235. The number of pyridine rings is 1.